The molecule has 0 atom stereocenters. The Balaban J connectivity index is 1.67. The number of nitrogens with one attached hydrogen (secondary N) is 3. The summed E-state index contributed by atoms with van der Waals surface area (Å²) in [6.07, 6.45) is 10.4. The molecule has 41 heavy (non-hydrogen) atoms. The predicted octanol–water partition coefficient (Wildman–Crippen LogP) is 4.72. The molecule has 0 spiro atoms. The Morgan fingerprint density at radius 3 is 2.78 bits per heavy atom. The van der Waals surface area contributed by atoms with E-state index >= 15 is 0 Å². The number of benzene rings is 1. The van der Waals surface area contributed by atoms with Crippen molar-refractivity contribution in [1.82, 2.24) is 30.2 Å². The number of aromatic amines is 1. The van der Waals surface area contributed by atoms with Crippen LogP contribution in [0.3, 0.4) is 0 Å². The highest BCUT2D eigenvalue weighted by Crippen LogP contribution is 2.45. The first-order chi connectivity index (χ1) is 19.7. The Hall–Kier alpha value is -4.15. The van der Waals surface area contributed by atoms with Crippen LogP contribution in [-0.4, -0.2) is 69.8 Å². The van der Waals surface area contributed by atoms with Crippen molar-refractivity contribution in [2.75, 3.05) is 39.1 Å². The number of amides is 1. The molecule has 0 saturated carbocycles. The van der Waals surface area contributed by atoms with Crippen LogP contribution in [0.5, 0.6) is 0 Å². The summed E-state index contributed by atoms with van der Waals surface area (Å²) in [6, 6.07) is 2.04. The van der Waals surface area contributed by atoms with Gasteiger partial charge in [0.25, 0.3) is 0 Å². The molecule has 2 aliphatic rings. The summed E-state index contributed by atoms with van der Waals surface area (Å²) < 4.78 is 7.19. The second kappa shape index (κ2) is 11.8. The number of aryl methyl sites for hydroxylation is 1. The number of fused-ring (bicyclic) bond motifs is 1. The largest absolute Gasteiger partial charge is 0.388 e. The number of nitrogens with two attached hydrogens (primary N) is 1. The third-order valence-electron chi connectivity index (χ3n) is 7.73. The molecule has 1 saturated heterocycles. The van der Waals surface area contributed by atoms with Crippen LogP contribution in [0.4, 0.5) is 5.82 Å². The van der Waals surface area contributed by atoms with Gasteiger partial charge in [0.1, 0.15) is 5.69 Å². The van der Waals surface area contributed by atoms with E-state index in [9.17, 15) is 4.79 Å². The smallest absolute Gasteiger partial charge is 0.245 e. The van der Waals surface area contributed by atoms with E-state index in [1.165, 1.54) is 6.08 Å². The van der Waals surface area contributed by atoms with E-state index in [2.05, 4.69) is 26.8 Å². The van der Waals surface area contributed by atoms with E-state index < -0.39 is 0 Å². The molecule has 5 rings (SSSR count). The summed E-state index contributed by atoms with van der Waals surface area (Å²) in [5.74, 6) is 0.314. The zero-order chi connectivity index (χ0) is 29.3. The molecule has 2 aromatic heterocycles. The highest BCUT2D eigenvalue weighted by molar-refractivity contribution is 6.36. The number of likely N-dealkylation sites (tertiary alicyclic amines) is 1. The van der Waals surface area contributed by atoms with E-state index in [1.54, 1.807) is 13.2 Å². The lowest BCUT2D eigenvalue weighted by Crippen LogP contribution is -2.38. The van der Waals surface area contributed by atoms with Crippen LogP contribution in [0.1, 0.15) is 35.8 Å². The maximum atomic E-state index is 12.2. The molecule has 1 aromatic carbocycles. The number of methoxy groups -OCH3 is 1. The highest BCUT2D eigenvalue weighted by atomic mass is 35.5. The van der Waals surface area contributed by atoms with Crippen molar-refractivity contribution in [2.45, 2.75) is 32.7 Å². The van der Waals surface area contributed by atoms with Crippen LogP contribution >= 0.6 is 11.6 Å². The van der Waals surface area contributed by atoms with Crippen molar-refractivity contribution >= 4 is 45.5 Å². The van der Waals surface area contributed by atoms with Crippen molar-refractivity contribution in [2.24, 2.45) is 0 Å². The quantitative estimate of drug-likeness (QED) is 0.227. The second-order valence-corrected chi connectivity index (χ2v) is 10.7. The normalized spacial score (nSPS) is 17.0. The van der Waals surface area contributed by atoms with Crippen LogP contribution < -0.4 is 11.1 Å². The number of piperidine rings is 1. The summed E-state index contributed by atoms with van der Waals surface area (Å²) in [5, 5.41) is 25.5. The Kier molecular flexibility index (Phi) is 8.14. The fourth-order valence-corrected chi connectivity index (χ4v) is 5.81. The van der Waals surface area contributed by atoms with Gasteiger partial charge in [-0.1, -0.05) is 24.3 Å². The summed E-state index contributed by atoms with van der Waals surface area (Å²) >= 11 is 7.04. The van der Waals surface area contributed by atoms with Gasteiger partial charge < -0.3 is 26.1 Å². The minimum Gasteiger partial charge on any atom is -0.388 e. The monoisotopic (exact) mass is 574 g/mol. The molecule has 1 amide bonds. The lowest BCUT2D eigenvalue weighted by molar-refractivity contribution is -0.127. The van der Waals surface area contributed by atoms with Crippen molar-refractivity contribution in [3.05, 3.63) is 70.7 Å². The Morgan fingerprint density at radius 2 is 2.07 bits per heavy atom. The average Bonchev–Trinajstić information content (AvgIpc) is 3.51. The minimum absolute atomic E-state index is 0.0512. The lowest BCUT2D eigenvalue weighted by Gasteiger charge is -2.32. The summed E-state index contributed by atoms with van der Waals surface area (Å²) in [4.78, 5) is 14.0. The van der Waals surface area contributed by atoms with Crippen LogP contribution in [0, 0.1) is 19.3 Å². The van der Waals surface area contributed by atoms with Crippen LogP contribution in [0.15, 0.2) is 48.7 Å². The van der Waals surface area contributed by atoms with Gasteiger partial charge in [0.05, 0.1) is 34.3 Å². The molecule has 11 heteroatoms. The van der Waals surface area contributed by atoms with Gasteiger partial charge in [-0.25, -0.2) is 0 Å². The summed E-state index contributed by atoms with van der Waals surface area (Å²) in [7, 11) is 1.65. The van der Waals surface area contributed by atoms with Gasteiger partial charge in [-0.2, -0.15) is 10.2 Å². The Labute approximate surface area is 244 Å². The summed E-state index contributed by atoms with van der Waals surface area (Å²) in [6.45, 7) is 10.1. The third kappa shape index (κ3) is 5.32. The van der Waals surface area contributed by atoms with Crippen molar-refractivity contribution < 1.29 is 9.53 Å². The maximum Gasteiger partial charge on any atom is 0.245 e. The van der Waals surface area contributed by atoms with Gasteiger partial charge in [-0.15, -0.1) is 0 Å². The number of hydrogen-bond donors (Lipinski definition) is 4. The number of nitrogen functional groups attached to an aromatic ring is 1. The molecular weight excluding hydrogens is 540 g/mol. The fraction of sp³-hybridized carbons (Fsp3) is 0.333. The van der Waals surface area contributed by atoms with Crippen LogP contribution in [0.25, 0.3) is 27.6 Å². The number of H-pyrrole nitrogens is 1. The molecule has 5 N–H and O–H groups in total. The van der Waals surface area contributed by atoms with Crippen molar-refractivity contribution in [3.8, 4) is 11.1 Å². The number of halogens is 1. The predicted molar refractivity (Wildman–Crippen MR) is 164 cm³/mol. The SMILES string of the molecule is C=CC(=O)N1CCC(n2nc(C3=C/C(=C/NCCOC)C(=N)C=C3)c(-c3c(Cl)c(C)cc4[nH]nc(N)c34)c2C)CC1. The number of nitrogens with zero attached hydrogens (tertiary/aromatic N) is 4. The van der Waals surface area contributed by atoms with Gasteiger partial charge in [0, 0.05) is 60.9 Å². The number of rotatable bonds is 8. The molecule has 1 aliphatic carbocycles. The van der Waals surface area contributed by atoms with E-state index in [1.807, 2.05) is 43.2 Å². The molecule has 10 nitrogen and oxygen atoms in total. The third-order valence-corrected chi connectivity index (χ3v) is 8.22. The van der Waals surface area contributed by atoms with Gasteiger partial charge in [-0.05, 0) is 56.5 Å². The standard InChI is InChI=1S/C30H35ClN8O2/c1-5-24(40)38-11-8-21(9-12-38)39-18(3)25(27-26-23(35-36-30(26)33)14-17(2)28(27)31)29(37-39)19-6-7-22(32)20(15-19)16-34-10-13-41-4/h5-7,14-16,21,32,34H,1,8-13H2,2-4H3,(H3,33,35,36)/b20-16-,32-22?. The van der Waals surface area contributed by atoms with Gasteiger partial charge in [0.2, 0.25) is 5.91 Å². The first kappa shape index (κ1) is 28.4. The van der Waals surface area contributed by atoms with Crippen molar-refractivity contribution in [1.29, 1.82) is 5.41 Å². The Morgan fingerprint density at radius 1 is 1.32 bits per heavy atom. The highest BCUT2D eigenvalue weighted by Gasteiger charge is 2.30. The molecule has 1 aliphatic heterocycles. The molecule has 0 unspecified atom stereocenters. The summed E-state index contributed by atoms with van der Waals surface area (Å²) in [5.41, 5.74) is 13.4. The number of allylic oxidation sites excluding steroid dienone is 5. The van der Waals surface area contributed by atoms with Crippen LogP contribution in [0.2, 0.25) is 5.02 Å². The van der Waals surface area contributed by atoms with E-state index in [0.29, 0.717) is 42.8 Å². The topological polar surface area (TPSA) is 138 Å². The molecular formula is C30H35ClN8O2. The number of carbonyl (C=O) groups is 1. The number of aromatic nitrogens is 4. The van der Waals surface area contributed by atoms with Gasteiger partial charge in [0.15, 0.2) is 5.82 Å². The fourth-order valence-electron chi connectivity index (χ4n) is 5.57. The lowest BCUT2D eigenvalue weighted by atomic mass is 9.91. The zero-order valence-electron chi connectivity index (χ0n) is 23.6. The number of carbonyl (C=O) groups excluding carboxylic acids is 1. The van der Waals surface area contributed by atoms with Gasteiger partial charge >= 0.3 is 0 Å². The molecule has 3 aromatic rings. The molecule has 3 heterocycles. The Bertz CT molecular complexity index is 1620. The van der Waals surface area contributed by atoms with Crippen molar-refractivity contribution in [3.63, 3.8) is 0 Å². The van der Waals surface area contributed by atoms with Crippen LogP contribution in [-0.2, 0) is 9.53 Å². The number of anilines is 1. The minimum atomic E-state index is -0.0512. The molecule has 214 valence electrons. The van der Waals surface area contributed by atoms with E-state index in [-0.39, 0.29) is 11.9 Å². The van der Waals surface area contributed by atoms with E-state index in [4.69, 9.17) is 32.6 Å². The number of hydrogen-bond acceptors (Lipinski definition) is 7. The molecule has 0 radical (unpaired) electrons. The molecule has 1 fully saturated rings. The van der Waals surface area contributed by atoms with Gasteiger partial charge in [-0.3, -0.25) is 14.6 Å². The first-order valence-corrected chi connectivity index (χ1v) is 14.0. The zero-order valence-corrected chi connectivity index (χ0v) is 24.3. The van der Waals surface area contributed by atoms with E-state index in [0.717, 1.165) is 63.0 Å². The number of ether oxygens (including phenoxy) is 1. The molecule has 0 bridgehead atoms. The average molecular weight is 575 g/mol. The first-order valence-electron chi connectivity index (χ1n) is 13.6. The maximum absolute atomic E-state index is 12.2. The second-order valence-electron chi connectivity index (χ2n) is 10.3.